The van der Waals surface area contributed by atoms with Crippen molar-refractivity contribution in [2.75, 3.05) is 27.3 Å². The van der Waals surface area contributed by atoms with E-state index in [0.717, 1.165) is 19.5 Å². The Bertz CT molecular complexity index is 470. The third-order valence-electron chi connectivity index (χ3n) is 3.82. The van der Waals surface area contributed by atoms with Crippen LogP contribution in [0.3, 0.4) is 0 Å². The summed E-state index contributed by atoms with van der Waals surface area (Å²) in [5, 5.41) is 6.36. The number of benzene rings is 1. The molecule has 1 amide bonds. The van der Waals surface area contributed by atoms with Crippen molar-refractivity contribution in [3.05, 3.63) is 23.8 Å². The van der Waals surface area contributed by atoms with Gasteiger partial charge in [-0.1, -0.05) is 0 Å². The third kappa shape index (κ3) is 3.22. The predicted molar refractivity (Wildman–Crippen MR) is 77.5 cm³/mol. The van der Waals surface area contributed by atoms with Crippen LogP contribution < -0.4 is 20.1 Å². The van der Waals surface area contributed by atoms with Crippen LogP contribution >= 0.6 is 0 Å². The van der Waals surface area contributed by atoms with E-state index in [1.54, 1.807) is 32.4 Å². The van der Waals surface area contributed by atoms with Gasteiger partial charge in [0.05, 0.1) is 19.8 Å². The molecule has 0 radical (unpaired) electrons. The second kappa shape index (κ2) is 6.61. The van der Waals surface area contributed by atoms with Gasteiger partial charge in [-0.05, 0) is 50.6 Å². The lowest BCUT2D eigenvalue weighted by Gasteiger charge is -2.20. The van der Waals surface area contributed by atoms with Gasteiger partial charge in [-0.15, -0.1) is 0 Å². The van der Waals surface area contributed by atoms with Crippen LogP contribution in [0.1, 0.15) is 23.7 Å². The van der Waals surface area contributed by atoms with Crippen LogP contribution in [0, 0.1) is 5.92 Å². The zero-order valence-corrected chi connectivity index (χ0v) is 12.2. The first-order chi connectivity index (χ1) is 9.65. The van der Waals surface area contributed by atoms with Crippen molar-refractivity contribution in [2.24, 2.45) is 5.92 Å². The lowest BCUT2D eigenvalue weighted by Crippen LogP contribution is -2.39. The number of hydrogen-bond acceptors (Lipinski definition) is 4. The Hall–Kier alpha value is -1.75. The van der Waals surface area contributed by atoms with Crippen LogP contribution in [0.2, 0.25) is 0 Å². The molecule has 2 unspecified atom stereocenters. The first kappa shape index (κ1) is 14.7. The summed E-state index contributed by atoms with van der Waals surface area (Å²) in [6.07, 6.45) is 1.09. The molecule has 2 rings (SSSR count). The van der Waals surface area contributed by atoms with Gasteiger partial charge in [-0.3, -0.25) is 4.79 Å². The Balaban J connectivity index is 2.11. The van der Waals surface area contributed by atoms with Gasteiger partial charge < -0.3 is 20.1 Å². The van der Waals surface area contributed by atoms with Gasteiger partial charge in [0.1, 0.15) is 11.5 Å². The van der Waals surface area contributed by atoms with Gasteiger partial charge >= 0.3 is 0 Å². The van der Waals surface area contributed by atoms with Crippen molar-refractivity contribution in [1.82, 2.24) is 10.6 Å². The standard InChI is InChI=1S/C15H22N2O3/c1-10(11-6-7-16-9-11)17-15(18)13-8-12(19-2)4-5-14(13)20-3/h4-5,8,10-11,16H,6-7,9H2,1-3H3,(H,17,18). The van der Waals surface area contributed by atoms with E-state index in [-0.39, 0.29) is 11.9 Å². The molecule has 1 fully saturated rings. The van der Waals surface area contributed by atoms with Gasteiger partial charge in [0, 0.05) is 6.04 Å². The summed E-state index contributed by atoms with van der Waals surface area (Å²) in [6.45, 7) is 4.02. The van der Waals surface area contributed by atoms with Gasteiger partial charge in [0.15, 0.2) is 0 Å². The molecule has 2 atom stereocenters. The van der Waals surface area contributed by atoms with Gasteiger partial charge in [-0.2, -0.15) is 0 Å². The van der Waals surface area contributed by atoms with E-state index in [1.165, 1.54) is 0 Å². The Morgan fingerprint density at radius 3 is 2.80 bits per heavy atom. The quantitative estimate of drug-likeness (QED) is 0.855. The second-order valence-corrected chi connectivity index (χ2v) is 5.08. The van der Waals surface area contributed by atoms with E-state index in [0.29, 0.717) is 23.0 Å². The average molecular weight is 278 g/mol. The molecule has 0 spiro atoms. The summed E-state index contributed by atoms with van der Waals surface area (Å²) in [6, 6.07) is 5.36. The Kier molecular flexibility index (Phi) is 4.84. The second-order valence-electron chi connectivity index (χ2n) is 5.08. The minimum absolute atomic E-state index is 0.125. The average Bonchev–Trinajstić information content (AvgIpc) is 3.00. The van der Waals surface area contributed by atoms with Crippen molar-refractivity contribution < 1.29 is 14.3 Å². The maximum Gasteiger partial charge on any atom is 0.255 e. The SMILES string of the molecule is COc1ccc(OC)c(C(=O)NC(C)C2CCNC2)c1. The topological polar surface area (TPSA) is 59.6 Å². The molecule has 1 aromatic rings. The van der Waals surface area contributed by atoms with E-state index < -0.39 is 0 Å². The molecular formula is C15H22N2O3. The Labute approximate surface area is 119 Å². The van der Waals surface area contributed by atoms with Crippen LogP contribution in [0.15, 0.2) is 18.2 Å². The molecule has 110 valence electrons. The van der Waals surface area contributed by atoms with Crippen LogP contribution in [-0.4, -0.2) is 39.3 Å². The molecule has 0 bridgehead atoms. The Morgan fingerprint density at radius 1 is 1.40 bits per heavy atom. The Morgan fingerprint density at radius 2 is 2.20 bits per heavy atom. The fourth-order valence-corrected chi connectivity index (χ4v) is 2.50. The maximum atomic E-state index is 12.4. The molecule has 0 saturated carbocycles. The van der Waals surface area contributed by atoms with E-state index in [9.17, 15) is 4.79 Å². The molecule has 0 aliphatic carbocycles. The van der Waals surface area contributed by atoms with E-state index in [4.69, 9.17) is 9.47 Å². The summed E-state index contributed by atoms with van der Waals surface area (Å²) in [5.41, 5.74) is 0.504. The lowest BCUT2D eigenvalue weighted by atomic mass is 10.00. The van der Waals surface area contributed by atoms with E-state index >= 15 is 0 Å². The van der Waals surface area contributed by atoms with E-state index in [1.807, 2.05) is 6.92 Å². The number of rotatable bonds is 5. The molecule has 2 N–H and O–H groups in total. The molecule has 1 aliphatic heterocycles. The normalized spacial score (nSPS) is 19.4. The minimum Gasteiger partial charge on any atom is -0.497 e. The third-order valence-corrected chi connectivity index (χ3v) is 3.82. The van der Waals surface area contributed by atoms with Gasteiger partial charge in [0.25, 0.3) is 5.91 Å². The van der Waals surface area contributed by atoms with Crippen LogP contribution in [0.5, 0.6) is 11.5 Å². The molecule has 5 nitrogen and oxygen atoms in total. The smallest absolute Gasteiger partial charge is 0.255 e. The largest absolute Gasteiger partial charge is 0.497 e. The zero-order chi connectivity index (χ0) is 14.5. The molecule has 1 saturated heterocycles. The van der Waals surface area contributed by atoms with Crippen LogP contribution in [-0.2, 0) is 0 Å². The van der Waals surface area contributed by atoms with Gasteiger partial charge in [0.2, 0.25) is 0 Å². The van der Waals surface area contributed by atoms with Crippen molar-refractivity contribution in [2.45, 2.75) is 19.4 Å². The monoisotopic (exact) mass is 278 g/mol. The van der Waals surface area contributed by atoms with E-state index in [2.05, 4.69) is 10.6 Å². The first-order valence-corrected chi connectivity index (χ1v) is 6.89. The predicted octanol–water partition coefficient (Wildman–Crippen LogP) is 1.43. The molecule has 20 heavy (non-hydrogen) atoms. The van der Waals surface area contributed by atoms with Crippen LogP contribution in [0.25, 0.3) is 0 Å². The zero-order valence-electron chi connectivity index (χ0n) is 12.2. The summed E-state index contributed by atoms with van der Waals surface area (Å²) >= 11 is 0. The van der Waals surface area contributed by atoms with Gasteiger partial charge in [-0.25, -0.2) is 0 Å². The highest BCUT2D eigenvalue weighted by Gasteiger charge is 2.24. The highest BCUT2D eigenvalue weighted by Crippen LogP contribution is 2.24. The lowest BCUT2D eigenvalue weighted by molar-refractivity contribution is 0.0925. The number of ether oxygens (including phenoxy) is 2. The number of hydrogen-bond donors (Lipinski definition) is 2. The molecule has 1 heterocycles. The van der Waals surface area contributed by atoms with Crippen molar-refractivity contribution in [3.8, 4) is 11.5 Å². The van der Waals surface area contributed by atoms with Crippen molar-refractivity contribution in [3.63, 3.8) is 0 Å². The summed E-state index contributed by atoms with van der Waals surface area (Å²) in [4.78, 5) is 12.4. The summed E-state index contributed by atoms with van der Waals surface area (Å²) in [5.74, 6) is 1.56. The molecule has 1 aromatic carbocycles. The maximum absolute atomic E-state index is 12.4. The fourth-order valence-electron chi connectivity index (χ4n) is 2.50. The molecule has 5 heteroatoms. The molecular weight excluding hydrogens is 256 g/mol. The minimum atomic E-state index is -0.125. The van der Waals surface area contributed by atoms with Crippen LogP contribution in [0.4, 0.5) is 0 Å². The molecule has 1 aliphatic rings. The number of carbonyl (C=O) groups is 1. The fraction of sp³-hybridized carbons (Fsp3) is 0.533. The number of methoxy groups -OCH3 is 2. The number of nitrogens with one attached hydrogen (secondary N) is 2. The number of amides is 1. The van der Waals surface area contributed by atoms with Crippen molar-refractivity contribution in [1.29, 1.82) is 0 Å². The molecule has 0 aromatic heterocycles. The highest BCUT2D eigenvalue weighted by atomic mass is 16.5. The number of carbonyl (C=O) groups excluding carboxylic acids is 1. The summed E-state index contributed by atoms with van der Waals surface area (Å²) in [7, 11) is 3.14. The first-order valence-electron chi connectivity index (χ1n) is 6.89. The summed E-state index contributed by atoms with van der Waals surface area (Å²) < 4.78 is 10.4. The highest BCUT2D eigenvalue weighted by molar-refractivity contribution is 5.97. The van der Waals surface area contributed by atoms with Crippen molar-refractivity contribution >= 4 is 5.91 Å².